The highest BCUT2D eigenvalue weighted by atomic mass is 16.3. The Morgan fingerprint density at radius 2 is 2.05 bits per heavy atom. The molecular formula is C16H30N4O2. The average Bonchev–Trinajstić information content (AvgIpc) is 2.82. The van der Waals surface area contributed by atoms with Gasteiger partial charge < -0.3 is 15.7 Å². The molecule has 1 rings (SSSR count). The first-order chi connectivity index (χ1) is 10.2. The predicted molar refractivity (Wildman–Crippen MR) is 87.5 cm³/mol. The molecule has 0 saturated heterocycles. The Kier molecular flexibility index (Phi) is 6.41. The maximum absolute atomic E-state index is 11.9. The molecule has 1 unspecified atom stereocenters. The van der Waals surface area contributed by atoms with Gasteiger partial charge in [-0.15, -0.1) is 0 Å². The first kappa shape index (κ1) is 18.5. The second-order valence-corrected chi connectivity index (χ2v) is 6.84. The number of urea groups is 1. The minimum absolute atomic E-state index is 0.155. The number of hydrogen-bond acceptors (Lipinski definition) is 3. The van der Waals surface area contributed by atoms with Crippen molar-refractivity contribution in [3.8, 4) is 0 Å². The van der Waals surface area contributed by atoms with Crippen molar-refractivity contribution >= 4 is 6.03 Å². The number of nitrogens with zero attached hydrogens (tertiary/aromatic N) is 2. The summed E-state index contributed by atoms with van der Waals surface area (Å²) in [6.45, 7) is 10.8. The molecule has 6 heteroatoms. The van der Waals surface area contributed by atoms with Crippen LogP contribution >= 0.6 is 0 Å². The van der Waals surface area contributed by atoms with Gasteiger partial charge in [0.1, 0.15) is 0 Å². The molecule has 6 nitrogen and oxygen atoms in total. The van der Waals surface area contributed by atoms with Gasteiger partial charge in [-0.25, -0.2) is 4.79 Å². The minimum Gasteiger partial charge on any atom is -0.392 e. The molecule has 1 heterocycles. The zero-order valence-electron chi connectivity index (χ0n) is 14.6. The quantitative estimate of drug-likeness (QED) is 0.719. The van der Waals surface area contributed by atoms with Gasteiger partial charge in [0.25, 0.3) is 0 Å². The van der Waals surface area contributed by atoms with Crippen LogP contribution in [-0.2, 0) is 20.0 Å². The van der Waals surface area contributed by atoms with E-state index in [-0.39, 0.29) is 17.4 Å². The molecule has 0 aromatic carbocycles. The zero-order valence-corrected chi connectivity index (χ0v) is 14.6. The first-order valence-corrected chi connectivity index (χ1v) is 7.88. The summed E-state index contributed by atoms with van der Waals surface area (Å²) in [7, 11) is 1.87. The third kappa shape index (κ3) is 5.02. The van der Waals surface area contributed by atoms with E-state index < -0.39 is 6.10 Å². The maximum atomic E-state index is 11.9. The highest BCUT2D eigenvalue weighted by molar-refractivity contribution is 5.73. The molecule has 0 aliphatic heterocycles. The molecule has 0 aliphatic carbocycles. The first-order valence-electron chi connectivity index (χ1n) is 7.88. The van der Waals surface area contributed by atoms with Crippen molar-refractivity contribution in [1.82, 2.24) is 20.4 Å². The van der Waals surface area contributed by atoms with E-state index in [1.54, 1.807) is 4.68 Å². The van der Waals surface area contributed by atoms with Gasteiger partial charge in [-0.3, -0.25) is 4.68 Å². The topological polar surface area (TPSA) is 79.2 Å². The van der Waals surface area contributed by atoms with E-state index in [4.69, 9.17) is 0 Å². The van der Waals surface area contributed by atoms with Gasteiger partial charge in [0.2, 0.25) is 0 Å². The lowest BCUT2D eigenvalue weighted by Gasteiger charge is -2.33. The molecule has 1 atom stereocenters. The number of aromatic nitrogens is 2. The number of hydrogen-bond donors (Lipinski definition) is 3. The molecule has 0 bridgehead atoms. The van der Waals surface area contributed by atoms with Crippen LogP contribution in [0.25, 0.3) is 0 Å². The summed E-state index contributed by atoms with van der Waals surface area (Å²) in [5, 5.41) is 20.2. The van der Waals surface area contributed by atoms with Crippen molar-refractivity contribution in [2.75, 3.05) is 6.54 Å². The Bertz CT molecular complexity index is 494. The second-order valence-electron chi connectivity index (χ2n) is 6.84. The molecule has 3 N–H and O–H groups in total. The molecule has 1 aromatic heterocycles. The summed E-state index contributed by atoms with van der Waals surface area (Å²) in [6.07, 6.45) is 2.30. The van der Waals surface area contributed by atoms with Crippen LogP contribution < -0.4 is 10.6 Å². The molecule has 0 fully saturated rings. The molecule has 0 spiro atoms. The summed E-state index contributed by atoms with van der Waals surface area (Å²) in [6, 6.07) is -0.227. The summed E-state index contributed by atoms with van der Waals surface area (Å²) in [4.78, 5) is 11.9. The van der Waals surface area contributed by atoms with Crippen LogP contribution in [0.5, 0.6) is 0 Å². The Morgan fingerprint density at radius 3 is 2.59 bits per heavy atom. The molecule has 0 radical (unpaired) electrons. The van der Waals surface area contributed by atoms with E-state index in [1.807, 2.05) is 47.9 Å². The molecule has 1 aromatic rings. The van der Waals surface area contributed by atoms with E-state index in [1.165, 1.54) is 0 Å². The summed E-state index contributed by atoms with van der Waals surface area (Å²) in [5.74, 6) is 0.155. The number of aryl methyl sites for hydroxylation is 2. The van der Waals surface area contributed by atoms with Crippen LogP contribution in [0.4, 0.5) is 4.79 Å². The molecule has 2 amide bonds. The van der Waals surface area contributed by atoms with Crippen LogP contribution in [0.15, 0.2) is 6.20 Å². The van der Waals surface area contributed by atoms with Crippen molar-refractivity contribution in [1.29, 1.82) is 0 Å². The van der Waals surface area contributed by atoms with E-state index in [0.29, 0.717) is 13.1 Å². The van der Waals surface area contributed by atoms with Crippen LogP contribution in [0, 0.1) is 11.3 Å². The van der Waals surface area contributed by atoms with Gasteiger partial charge in [0.15, 0.2) is 0 Å². The summed E-state index contributed by atoms with van der Waals surface area (Å²) >= 11 is 0. The molecule has 0 saturated carbocycles. The van der Waals surface area contributed by atoms with Gasteiger partial charge in [0.05, 0.1) is 11.8 Å². The largest absolute Gasteiger partial charge is 0.392 e. The van der Waals surface area contributed by atoms with Gasteiger partial charge in [0, 0.05) is 37.3 Å². The Balaban J connectivity index is 2.47. The number of amides is 2. The Hall–Kier alpha value is -1.56. The molecule has 0 aliphatic rings. The fourth-order valence-electron chi connectivity index (χ4n) is 2.58. The van der Waals surface area contributed by atoms with E-state index in [2.05, 4.69) is 15.7 Å². The van der Waals surface area contributed by atoms with E-state index >= 15 is 0 Å². The van der Waals surface area contributed by atoms with Crippen LogP contribution in [-0.4, -0.2) is 33.6 Å². The number of aliphatic hydroxyl groups excluding tert-OH is 1. The smallest absolute Gasteiger partial charge is 0.315 e. The minimum atomic E-state index is -0.460. The number of rotatable bonds is 7. The zero-order chi connectivity index (χ0) is 16.9. The van der Waals surface area contributed by atoms with Gasteiger partial charge in [-0.2, -0.15) is 5.10 Å². The van der Waals surface area contributed by atoms with E-state index in [9.17, 15) is 9.90 Å². The third-order valence-corrected chi connectivity index (χ3v) is 3.90. The van der Waals surface area contributed by atoms with Crippen molar-refractivity contribution in [3.63, 3.8) is 0 Å². The highest BCUT2D eigenvalue weighted by Crippen LogP contribution is 2.24. The van der Waals surface area contributed by atoms with Gasteiger partial charge in [-0.1, -0.05) is 34.6 Å². The number of carbonyl (C=O) groups excluding carboxylic acids is 1. The van der Waals surface area contributed by atoms with Crippen molar-refractivity contribution in [3.05, 3.63) is 17.5 Å². The summed E-state index contributed by atoms with van der Waals surface area (Å²) in [5.41, 5.74) is 1.66. The molecule has 22 heavy (non-hydrogen) atoms. The van der Waals surface area contributed by atoms with Crippen LogP contribution in [0.3, 0.4) is 0 Å². The lowest BCUT2D eigenvalue weighted by Crippen LogP contribution is -2.46. The normalized spacial score (nSPS) is 13.3. The van der Waals surface area contributed by atoms with Gasteiger partial charge >= 0.3 is 6.03 Å². The van der Waals surface area contributed by atoms with Gasteiger partial charge in [-0.05, 0) is 12.3 Å². The van der Waals surface area contributed by atoms with Crippen molar-refractivity contribution in [2.45, 2.75) is 53.7 Å². The maximum Gasteiger partial charge on any atom is 0.315 e. The van der Waals surface area contributed by atoms with Crippen molar-refractivity contribution in [2.24, 2.45) is 18.4 Å². The molecule has 126 valence electrons. The monoisotopic (exact) mass is 310 g/mol. The lowest BCUT2D eigenvalue weighted by molar-refractivity contribution is 0.0151. The fourth-order valence-corrected chi connectivity index (χ4v) is 2.58. The third-order valence-electron chi connectivity index (χ3n) is 3.90. The second kappa shape index (κ2) is 7.63. The predicted octanol–water partition coefficient (Wildman–Crippen LogP) is 1.82. The standard InChI is InChI=1S/C16H30N4O2/c1-7-13-12(9-20(6)19-13)8-17-15(22)18-10-16(4,5)14(21)11(2)3/h9,11,14,21H,7-8,10H2,1-6H3,(H2,17,18,22). The summed E-state index contributed by atoms with van der Waals surface area (Å²) < 4.78 is 1.76. The van der Waals surface area contributed by atoms with Crippen molar-refractivity contribution < 1.29 is 9.90 Å². The highest BCUT2D eigenvalue weighted by Gasteiger charge is 2.30. The Labute approximate surface area is 133 Å². The number of aliphatic hydroxyl groups is 1. The number of carbonyl (C=O) groups is 1. The SMILES string of the molecule is CCc1nn(C)cc1CNC(=O)NCC(C)(C)C(O)C(C)C. The Morgan fingerprint density at radius 1 is 1.41 bits per heavy atom. The fraction of sp³-hybridized carbons (Fsp3) is 0.750. The van der Waals surface area contributed by atoms with Crippen LogP contribution in [0.1, 0.15) is 45.9 Å². The number of nitrogens with one attached hydrogen (secondary N) is 2. The van der Waals surface area contributed by atoms with Crippen LogP contribution in [0.2, 0.25) is 0 Å². The average molecular weight is 310 g/mol. The van der Waals surface area contributed by atoms with E-state index in [0.717, 1.165) is 17.7 Å². The lowest BCUT2D eigenvalue weighted by atomic mass is 9.81. The molecular weight excluding hydrogens is 280 g/mol.